The topological polar surface area (TPSA) is 45.1 Å². The molecule has 0 aliphatic heterocycles. The minimum Gasteiger partial charge on any atom is -0.394 e. The van der Waals surface area contributed by atoms with Crippen LogP contribution in [-0.2, 0) is 6.18 Å². The van der Waals surface area contributed by atoms with Gasteiger partial charge in [-0.2, -0.15) is 13.2 Å². The Kier molecular flexibility index (Phi) is 4.24. The fourth-order valence-electron chi connectivity index (χ4n) is 1.78. The minimum absolute atomic E-state index is 0.0720. The Bertz CT molecular complexity index is 558. The number of nitrogens with one attached hydrogen (secondary N) is 1. The van der Waals surface area contributed by atoms with Crippen molar-refractivity contribution in [3.63, 3.8) is 0 Å². The van der Waals surface area contributed by atoms with E-state index in [0.29, 0.717) is 0 Å². The molecule has 1 aromatic carbocycles. The molecule has 0 amide bonds. The van der Waals surface area contributed by atoms with Gasteiger partial charge in [0.2, 0.25) is 0 Å². The highest BCUT2D eigenvalue weighted by molar-refractivity contribution is 5.41. The molecule has 2 aromatic rings. The van der Waals surface area contributed by atoms with Crippen LogP contribution in [0, 0.1) is 0 Å². The Hall–Kier alpha value is -2.08. The van der Waals surface area contributed by atoms with Crippen LogP contribution < -0.4 is 5.32 Å². The summed E-state index contributed by atoms with van der Waals surface area (Å²) in [6.45, 7) is -0.248. The first-order chi connectivity index (χ1) is 9.50. The van der Waals surface area contributed by atoms with E-state index >= 15 is 0 Å². The molecular formula is C14H13F3N2O. The highest BCUT2D eigenvalue weighted by atomic mass is 19.4. The number of hydrogen-bond acceptors (Lipinski definition) is 3. The van der Waals surface area contributed by atoms with Crippen LogP contribution in [0.4, 0.5) is 19.0 Å². The average molecular weight is 282 g/mol. The van der Waals surface area contributed by atoms with Crippen LogP contribution in [0.2, 0.25) is 0 Å². The second-order valence-electron chi connectivity index (χ2n) is 4.22. The predicted molar refractivity (Wildman–Crippen MR) is 69.1 cm³/mol. The van der Waals surface area contributed by atoms with Crippen LogP contribution in [0.15, 0.2) is 48.7 Å². The van der Waals surface area contributed by atoms with Gasteiger partial charge in [0.05, 0.1) is 18.2 Å². The number of aliphatic hydroxyl groups is 1. The Balaban J connectivity index is 2.20. The van der Waals surface area contributed by atoms with Gasteiger partial charge in [-0.1, -0.05) is 30.3 Å². The number of benzene rings is 1. The van der Waals surface area contributed by atoms with Gasteiger partial charge in [0.1, 0.15) is 5.82 Å². The molecule has 0 saturated heterocycles. The molecule has 6 heteroatoms. The zero-order valence-corrected chi connectivity index (χ0v) is 10.4. The van der Waals surface area contributed by atoms with Gasteiger partial charge < -0.3 is 10.4 Å². The minimum atomic E-state index is -4.42. The first-order valence-electron chi connectivity index (χ1n) is 5.96. The molecule has 0 saturated carbocycles. The number of alkyl halides is 3. The van der Waals surface area contributed by atoms with E-state index in [2.05, 4.69) is 10.3 Å². The average Bonchev–Trinajstić information content (AvgIpc) is 2.45. The van der Waals surface area contributed by atoms with Gasteiger partial charge in [-0.3, -0.25) is 0 Å². The summed E-state index contributed by atoms with van der Waals surface area (Å²) in [5, 5.41) is 12.2. The summed E-state index contributed by atoms with van der Waals surface area (Å²) in [4.78, 5) is 3.84. The summed E-state index contributed by atoms with van der Waals surface area (Å²) < 4.78 is 37.8. The Labute approximate surface area is 114 Å². The molecule has 1 aromatic heterocycles. The van der Waals surface area contributed by atoms with Gasteiger partial charge in [-0.25, -0.2) is 4.98 Å². The first-order valence-corrected chi connectivity index (χ1v) is 5.96. The van der Waals surface area contributed by atoms with Crippen LogP contribution in [0.5, 0.6) is 0 Å². The van der Waals surface area contributed by atoms with Crippen molar-refractivity contribution >= 4 is 5.82 Å². The van der Waals surface area contributed by atoms with Gasteiger partial charge in [0.15, 0.2) is 0 Å². The highest BCUT2D eigenvalue weighted by Crippen LogP contribution is 2.30. The molecule has 3 nitrogen and oxygen atoms in total. The van der Waals surface area contributed by atoms with Crippen LogP contribution in [0.3, 0.4) is 0 Å². The van der Waals surface area contributed by atoms with E-state index in [-0.39, 0.29) is 12.4 Å². The monoisotopic (exact) mass is 282 g/mol. The largest absolute Gasteiger partial charge is 0.416 e. The SMILES string of the molecule is OC[C@H](Nc1cc(C(F)(F)F)ccn1)c1ccccc1. The Morgan fingerprint density at radius 1 is 1.15 bits per heavy atom. The second kappa shape index (κ2) is 5.92. The van der Waals surface area contributed by atoms with Crippen molar-refractivity contribution in [2.75, 3.05) is 11.9 Å². The first kappa shape index (κ1) is 14.3. The van der Waals surface area contributed by atoms with E-state index in [1.165, 1.54) is 0 Å². The zero-order chi connectivity index (χ0) is 14.6. The molecule has 106 valence electrons. The van der Waals surface area contributed by atoms with Crippen LogP contribution in [-0.4, -0.2) is 16.7 Å². The molecule has 0 aliphatic carbocycles. The van der Waals surface area contributed by atoms with Gasteiger partial charge in [-0.15, -0.1) is 0 Å². The zero-order valence-electron chi connectivity index (χ0n) is 10.4. The molecule has 2 rings (SSSR count). The molecule has 1 heterocycles. The number of anilines is 1. The van der Waals surface area contributed by atoms with Crippen molar-refractivity contribution in [3.05, 3.63) is 59.8 Å². The van der Waals surface area contributed by atoms with E-state index in [1.54, 1.807) is 24.3 Å². The van der Waals surface area contributed by atoms with Gasteiger partial charge in [0, 0.05) is 6.20 Å². The summed E-state index contributed by atoms with van der Waals surface area (Å²) in [5.74, 6) is 0.0720. The molecule has 0 fully saturated rings. The normalized spacial score (nSPS) is 13.0. The smallest absolute Gasteiger partial charge is 0.394 e. The lowest BCUT2D eigenvalue weighted by atomic mass is 10.1. The van der Waals surface area contributed by atoms with Crippen molar-refractivity contribution in [2.45, 2.75) is 12.2 Å². The number of aromatic nitrogens is 1. The van der Waals surface area contributed by atoms with Gasteiger partial charge >= 0.3 is 6.18 Å². The second-order valence-corrected chi connectivity index (χ2v) is 4.22. The highest BCUT2D eigenvalue weighted by Gasteiger charge is 2.30. The molecule has 0 bridgehead atoms. The summed E-state index contributed by atoms with van der Waals surface area (Å²) in [5.41, 5.74) is -0.00559. The summed E-state index contributed by atoms with van der Waals surface area (Å²) in [6, 6.07) is 10.3. The van der Waals surface area contributed by atoms with E-state index in [4.69, 9.17) is 0 Å². The number of aliphatic hydroxyl groups excluding tert-OH is 1. The molecule has 20 heavy (non-hydrogen) atoms. The number of pyridine rings is 1. The van der Waals surface area contributed by atoms with E-state index in [9.17, 15) is 18.3 Å². The molecule has 0 aliphatic rings. The maximum absolute atomic E-state index is 12.6. The van der Waals surface area contributed by atoms with Crippen molar-refractivity contribution in [1.82, 2.24) is 4.98 Å². The quantitative estimate of drug-likeness (QED) is 0.904. The van der Waals surface area contributed by atoms with Gasteiger partial charge in [0.25, 0.3) is 0 Å². The molecular weight excluding hydrogens is 269 g/mol. The lowest BCUT2D eigenvalue weighted by Crippen LogP contribution is -2.16. The summed E-state index contributed by atoms with van der Waals surface area (Å²) in [7, 11) is 0. The number of rotatable bonds is 4. The van der Waals surface area contributed by atoms with Crippen LogP contribution >= 0.6 is 0 Å². The molecule has 0 spiro atoms. The molecule has 1 atom stereocenters. The predicted octanol–water partition coefficient (Wildman–Crippen LogP) is 3.25. The summed E-state index contributed by atoms with van der Waals surface area (Å²) >= 11 is 0. The van der Waals surface area contributed by atoms with Crippen molar-refractivity contribution in [2.24, 2.45) is 0 Å². The lowest BCUT2D eigenvalue weighted by Gasteiger charge is -2.18. The Morgan fingerprint density at radius 3 is 2.45 bits per heavy atom. The summed E-state index contributed by atoms with van der Waals surface area (Å²) in [6.07, 6.45) is -3.33. The maximum Gasteiger partial charge on any atom is 0.416 e. The van der Waals surface area contributed by atoms with Crippen molar-refractivity contribution < 1.29 is 18.3 Å². The van der Waals surface area contributed by atoms with Gasteiger partial charge in [-0.05, 0) is 17.7 Å². The maximum atomic E-state index is 12.6. The Morgan fingerprint density at radius 2 is 1.85 bits per heavy atom. The van der Waals surface area contributed by atoms with Crippen LogP contribution in [0.25, 0.3) is 0 Å². The third-order valence-electron chi connectivity index (χ3n) is 2.79. The van der Waals surface area contributed by atoms with Crippen LogP contribution in [0.1, 0.15) is 17.2 Å². The molecule has 0 radical (unpaired) electrons. The van der Waals surface area contributed by atoms with E-state index in [1.807, 2.05) is 6.07 Å². The molecule has 2 N–H and O–H groups in total. The third-order valence-corrected chi connectivity index (χ3v) is 2.79. The van der Waals surface area contributed by atoms with E-state index in [0.717, 1.165) is 23.9 Å². The third kappa shape index (κ3) is 3.48. The number of nitrogens with zero attached hydrogens (tertiary/aromatic N) is 1. The fourth-order valence-corrected chi connectivity index (χ4v) is 1.78. The van der Waals surface area contributed by atoms with Crippen molar-refractivity contribution in [3.8, 4) is 0 Å². The van der Waals surface area contributed by atoms with Crippen molar-refractivity contribution in [1.29, 1.82) is 0 Å². The lowest BCUT2D eigenvalue weighted by molar-refractivity contribution is -0.137. The molecule has 0 unspecified atom stereocenters. The number of hydrogen-bond donors (Lipinski definition) is 2. The number of halogens is 3. The van der Waals surface area contributed by atoms with E-state index < -0.39 is 17.8 Å². The fraction of sp³-hybridized carbons (Fsp3) is 0.214. The standard InChI is InChI=1S/C14H13F3N2O/c15-14(16,17)11-6-7-18-13(8-11)19-12(9-20)10-4-2-1-3-5-10/h1-8,12,20H,9H2,(H,18,19)/t12-/m0/s1.